The highest BCUT2D eigenvalue weighted by molar-refractivity contribution is 7.14. The summed E-state index contributed by atoms with van der Waals surface area (Å²) < 4.78 is 8.31. The van der Waals surface area contributed by atoms with Crippen LogP contribution in [0, 0.1) is 6.92 Å². The first-order chi connectivity index (χ1) is 20.2. The Morgan fingerprint density at radius 2 is 1.88 bits per heavy atom. The Kier molecular flexibility index (Phi) is 7.22. The lowest BCUT2D eigenvalue weighted by atomic mass is 10.2. The third-order valence-electron chi connectivity index (χ3n) is 7.13. The zero-order valence-electron chi connectivity index (χ0n) is 22.9. The average molecular weight is 604 g/mol. The summed E-state index contributed by atoms with van der Waals surface area (Å²) in [6.07, 6.45) is 3.28. The highest BCUT2D eigenvalue weighted by Gasteiger charge is 2.29. The van der Waals surface area contributed by atoms with Gasteiger partial charge in [0.1, 0.15) is 22.6 Å². The Balaban J connectivity index is 1.21. The molecule has 1 aliphatic rings. The fourth-order valence-electron chi connectivity index (χ4n) is 4.65. The van der Waals surface area contributed by atoms with Crippen LogP contribution in [-0.4, -0.2) is 61.5 Å². The van der Waals surface area contributed by atoms with Gasteiger partial charge >= 0.3 is 0 Å². The maximum absolute atomic E-state index is 13.3. The molecule has 0 aliphatic carbocycles. The summed E-state index contributed by atoms with van der Waals surface area (Å²) in [5.74, 6) is -0.350. The van der Waals surface area contributed by atoms with Crippen LogP contribution >= 0.6 is 22.9 Å². The number of hydrogen-bond acceptors (Lipinski definition) is 10. The molecule has 1 saturated heterocycles. The fraction of sp³-hybridized carbons (Fsp3) is 0.214. The maximum atomic E-state index is 13.3. The molecule has 1 fully saturated rings. The van der Waals surface area contributed by atoms with Crippen LogP contribution in [0.25, 0.3) is 28.5 Å². The van der Waals surface area contributed by atoms with E-state index in [1.165, 1.54) is 22.2 Å². The first-order valence-corrected chi connectivity index (χ1v) is 14.2. The van der Waals surface area contributed by atoms with Crippen LogP contribution in [0.3, 0.4) is 0 Å². The van der Waals surface area contributed by atoms with Crippen LogP contribution in [0.2, 0.25) is 5.02 Å². The third-order valence-corrected chi connectivity index (χ3v) is 8.35. The molecule has 3 N–H and O–H groups in total. The number of rotatable bonds is 7. The van der Waals surface area contributed by atoms with E-state index in [1.807, 2.05) is 5.38 Å². The molecule has 1 aromatic carbocycles. The quantitative estimate of drug-likeness (QED) is 0.284. The Morgan fingerprint density at radius 1 is 1.10 bits per heavy atom. The van der Waals surface area contributed by atoms with E-state index in [0.29, 0.717) is 44.9 Å². The van der Waals surface area contributed by atoms with Crippen molar-refractivity contribution in [2.24, 2.45) is 7.05 Å². The van der Waals surface area contributed by atoms with Crippen LogP contribution < -0.4 is 21.5 Å². The molecule has 42 heavy (non-hydrogen) atoms. The van der Waals surface area contributed by atoms with Gasteiger partial charge in [0.25, 0.3) is 11.5 Å². The summed E-state index contributed by atoms with van der Waals surface area (Å²) >= 11 is 7.85. The van der Waals surface area contributed by atoms with E-state index in [4.69, 9.17) is 27.1 Å². The Labute approximate surface area is 249 Å². The maximum Gasteiger partial charge on any atom is 0.284 e. The van der Waals surface area contributed by atoms with Crippen LogP contribution in [-0.2, 0) is 11.8 Å². The van der Waals surface area contributed by atoms with Crippen molar-refractivity contribution in [1.29, 1.82) is 0 Å². The van der Waals surface area contributed by atoms with Crippen molar-refractivity contribution >= 4 is 45.5 Å². The number of nitrogens with one attached hydrogen (secondary N) is 1. The van der Waals surface area contributed by atoms with E-state index < -0.39 is 11.5 Å². The number of hydrogen-bond donors (Lipinski definition) is 2. The largest absolute Gasteiger partial charge is 0.382 e. The van der Waals surface area contributed by atoms with E-state index >= 15 is 0 Å². The van der Waals surface area contributed by atoms with Gasteiger partial charge in [0, 0.05) is 32.6 Å². The molecule has 14 heteroatoms. The number of anilines is 3. The Hall–Kier alpha value is -4.59. The van der Waals surface area contributed by atoms with Crippen molar-refractivity contribution in [1.82, 2.24) is 29.3 Å². The minimum absolute atomic E-state index is 0.00269. The van der Waals surface area contributed by atoms with Gasteiger partial charge in [0.2, 0.25) is 0 Å². The second kappa shape index (κ2) is 11.0. The van der Waals surface area contributed by atoms with Crippen LogP contribution in [0.1, 0.15) is 16.1 Å². The number of nitrogens with two attached hydrogens (primary N) is 1. The molecule has 214 valence electrons. The molecule has 0 unspecified atom stereocenters. The van der Waals surface area contributed by atoms with Gasteiger partial charge < -0.3 is 20.7 Å². The molecule has 4 aromatic heterocycles. The topological polar surface area (TPSA) is 146 Å². The smallest absolute Gasteiger partial charge is 0.284 e. The molecule has 5 heterocycles. The van der Waals surface area contributed by atoms with E-state index in [0.717, 1.165) is 18.2 Å². The molecule has 0 saturated carbocycles. The van der Waals surface area contributed by atoms with E-state index in [1.54, 1.807) is 68.4 Å². The number of nitrogen functional groups attached to an aromatic ring is 1. The van der Waals surface area contributed by atoms with E-state index in [9.17, 15) is 9.59 Å². The number of pyridine rings is 1. The van der Waals surface area contributed by atoms with Gasteiger partial charge in [-0.25, -0.2) is 19.6 Å². The molecule has 1 amide bonds. The number of carbonyl (C=O) groups excluding carboxylic acids is 1. The summed E-state index contributed by atoms with van der Waals surface area (Å²) in [6, 6.07) is 10.3. The number of nitrogens with zero attached hydrogens (tertiary/aromatic N) is 7. The van der Waals surface area contributed by atoms with Crippen LogP contribution in [0.15, 0.2) is 59.0 Å². The van der Waals surface area contributed by atoms with Gasteiger partial charge in [-0.2, -0.15) is 0 Å². The normalized spacial score (nSPS) is 13.3. The molecule has 0 atom stereocenters. The number of benzene rings is 1. The lowest BCUT2D eigenvalue weighted by Crippen LogP contribution is -2.51. The molecule has 5 aromatic rings. The molecule has 0 bridgehead atoms. The molecule has 6 rings (SSSR count). The minimum atomic E-state index is -0.562. The highest BCUT2D eigenvalue weighted by Crippen LogP contribution is 2.31. The monoisotopic (exact) mass is 603 g/mol. The average Bonchev–Trinajstić information content (AvgIpc) is 3.52. The van der Waals surface area contributed by atoms with Crippen molar-refractivity contribution in [3.05, 3.63) is 80.8 Å². The first-order valence-electron chi connectivity index (χ1n) is 12.9. The lowest BCUT2D eigenvalue weighted by molar-refractivity contribution is 0.0787. The van der Waals surface area contributed by atoms with Crippen LogP contribution in [0.4, 0.5) is 16.6 Å². The number of methoxy groups -OCH3 is 1. The van der Waals surface area contributed by atoms with Gasteiger partial charge in [0.05, 0.1) is 46.3 Å². The summed E-state index contributed by atoms with van der Waals surface area (Å²) in [4.78, 5) is 46.7. The number of para-hydroxylation sites is 1. The number of aromatic nitrogens is 6. The summed E-state index contributed by atoms with van der Waals surface area (Å²) in [5.41, 5.74) is 9.15. The first kappa shape index (κ1) is 27.6. The molecule has 1 aliphatic heterocycles. The highest BCUT2D eigenvalue weighted by atomic mass is 35.5. The summed E-state index contributed by atoms with van der Waals surface area (Å²) in [5, 5.41) is 5.97. The second-order valence-electron chi connectivity index (χ2n) is 9.71. The summed E-state index contributed by atoms with van der Waals surface area (Å²) in [6.45, 7) is 3.30. The number of halogens is 1. The zero-order chi connectivity index (χ0) is 29.5. The molecule has 12 nitrogen and oxygen atoms in total. The van der Waals surface area contributed by atoms with Gasteiger partial charge in [-0.1, -0.05) is 23.7 Å². The third kappa shape index (κ3) is 4.91. The van der Waals surface area contributed by atoms with Crippen molar-refractivity contribution in [2.75, 3.05) is 36.1 Å². The number of amides is 1. The predicted molar refractivity (Wildman–Crippen MR) is 163 cm³/mol. The number of ether oxygens (including phenoxy) is 1. The zero-order valence-corrected chi connectivity index (χ0v) is 24.5. The van der Waals surface area contributed by atoms with Crippen molar-refractivity contribution in [3.63, 3.8) is 0 Å². The standard InChI is InChI=1S/C28H26ClN9O3S/c1-15-23(27(40)38(36(15)2)22-7-5-4-6-18(22)29)26(39)33-16-8-9-19(31-10-16)24-25(30)32-11-20(34-24)21-14-42-28(35-21)37-12-17(13-37)41-3/h4-11,14,17H,12-13H2,1-3H3,(H2,30,32)(H,33,39). The number of thiazole rings is 1. The van der Waals surface area contributed by atoms with Crippen molar-refractivity contribution in [2.45, 2.75) is 13.0 Å². The molecular weight excluding hydrogens is 578 g/mol. The van der Waals surface area contributed by atoms with Crippen molar-refractivity contribution < 1.29 is 9.53 Å². The second-order valence-corrected chi connectivity index (χ2v) is 10.9. The predicted octanol–water partition coefficient (Wildman–Crippen LogP) is 3.78. The van der Waals surface area contributed by atoms with Gasteiger partial charge in [-0.15, -0.1) is 11.3 Å². The Morgan fingerprint density at radius 3 is 2.60 bits per heavy atom. The molecule has 0 radical (unpaired) electrons. The van der Waals surface area contributed by atoms with E-state index in [-0.39, 0.29) is 17.5 Å². The minimum Gasteiger partial charge on any atom is -0.382 e. The van der Waals surface area contributed by atoms with Gasteiger partial charge in [-0.3, -0.25) is 19.3 Å². The molecular formula is C28H26ClN9O3S. The van der Waals surface area contributed by atoms with E-state index in [2.05, 4.69) is 25.2 Å². The summed E-state index contributed by atoms with van der Waals surface area (Å²) in [7, 11) is 3.40. The molecule has 0 spiro atoms. The van der Waals surface area contributed by atoms with Gasteiger partial charge in [0.15, 0.2) is 10.9 Å². The van der Waals surface area contributed by atoms with Crippen LogP contribution in [0.5, 0.6) is 0 Å². The van der Waals surface area contributed by atoms with Gasteiger partial charge in [-0.05, 0) is 31.2 Å². The SMILES string of the molecule is COC1CN(c2nc(-c3cnc(N)c(-c4ccc(NC(=O)c5c(C)n(C)n(-c6ccccc6Cl)c5=O)cn4)n3)cs2)C1. The Bertz CT molecular complexity index is 1860. The fourth-order valence-corrected chi connectivity index (χ4v) is 5.70. The number of carbonyl (C=O) groups is 1. The lowest BCUT2D eigenvalue weighted by Gasteiger charge is -2.37. The van der Waals surface area contributed by atoms with Crippen molar-refractivity contribution in [3.8, 4) is 28.5 Å².